The summed E-state index contributed by atoms with van der Waals surface area (Å²) in [4.78, 5) is 0. The molecular weight excluding hydrogens is 321 g/mol. The molecule has 0 aliphatic carbocycles. The van der Waals surface area contributed by atoms with Gasteiger partial charge in [-0.3, -0.25) is 0 Å². The molecule has 2 aromatic carbocycles. The van der Waals surface area contributed by atoms with E-state index in [-0.39, 0.29) is 11.9 Å². The Hall–Kier alpha value is -1.39. The molecule has 106 valence electrons. The van der Waals surface area contributed by atoms with Crippen LogP contribution >= 0.6 is 15.9 Å². The maximum absolute atomic E-state index is 13.1. The standard InChI is InChI=1S/C16H17BrFNO/c1-10-8-15(20-3)13(9-14(10)17)16(19-2)11-4-6-12(18)7-5-11/h4-9,16,19H,1-3H3. The van der Waals surface area contributed by atoms with Crippen molar-refractivity contribution in [3.63, 3.8) is 0 Å². The van der Waals surface area contributed by atoms with Crippen molar-refractivity contribution in [1.29, 1.82) is 0 Å². The van der Waals surface area contributed by atoms with Gasteiger partial charge in [0.1, 0.15) is 11.6 Å². The van der Waals surface area contributed by atoms with E-state index in [1.165, 1.54) is 12.1 Å². The van der Waals surface area contributed by atoms with Gasteiger partial charge >= 0.3 is 0 Å². The lowest BCUT2D eigenvalue weighted by Crippen LogP contribution is -2.18. The summed E-state index contributed by atoms with van der Waals surface area (Å²) in [7, 11) is 3.53. The zero-order valence-corrected chi connectivity index (χ0v) is 13.3. The maximum Gasteiger partial charge on any atom is 0.124 e. The van der Waals surface area contributed by atoms with Crippen molar-refractivity contribution in [3.05, 3.63) is 63.4 Å². The van der Waals surface area contributed by atoms with Crippen molar-refractivity contribution in [3.8, 4) is 5.75 Å². The van der Waals surface area contributed by atoms with Gasteiger partial charge < -0.3 is 10.1 Å². The van der Waals surface area contributed by atoms with Gasteiger partial charge in [0, 0.05) is 10.0 Å². The lowest BCUT2D eigenvalue weighted by atomic mass is 9.97. The minimum Gasteiger partial charge on any atom is -0.496 e. The van der Waals surface area contributed by atoms with Crippen LogP contribution in [0.2, 0.25) is 0 Å². The molecule has 0 amide bonds. The van der Waals surface area contributed by atoms with Crippen LogP contribution in [0.4, 0.5) is 4.39 Å². The molecule has 0 radical (unpaired) electrons. The molecule has 20 heavy (non-hydrogen) atoms. The molecule has 0 saturated carbocycles. The Labute approximate surface area is 127 Å². The molecule has 0 bridgehead atoms. The van der Waals surface area contributed by atoms with Crippen molar-refractivity contribution in [2.24, 2.45) is 0 Å². The number of aryl methyl sites for hydroxylation is 1. The number of hydrogen-bond donors (Lipinski definition) is 1. The van der Waals surface area contributed by atoms with E-state index in [0.717, 1.165) is 26.9 Å². The molecule has 1 unspecified atom stereocenters. The van der Waals surface area contributed by atoms with Gasteiger partial charge in [0.15, 0.2) is 0 Å². The van der Waals surface area contributed by atoms with Crippen LogP contribution < -0.4 is 10.1 Å². The lowest BCUT2D eigenvalue weighted by molar-refractivity contribution is 0.405. The average Bonchev–Trinajstić information content (AvgIpc) is 2.45. The number of nitrogens with one attached hydrogen (secondary N) is 1. The molecule has 1 N–H and O–H groups in total. The molecule has 0 saturated heterocycles. The molecule has 0 aromatic heterocycles. The molecule has 0 aliphatic heterocycles. The highest BCUT2D eigenvalue weighted by molar-refractivity contribution is 9.10. The summed E-state index contributed by atoms with van der Waals surface area (Å²) in [5, 5.41) is 3.25. The second-order valence-electron chi connectivity index (χ2n) is 4.62. The molecular formula is C16H17BrFNO. The Morgan fingerprint density at radius 1 is 1.20 bits per heavy atom. The number of methoxy groups -OCH3 is 1. The van der Waals surface area contributed by atoms with Gasteiger partial charge in [0.25, 0.3) is 0 Å². The summed E-state index contributed by atoms with van der Waals surface area (Å²) in [5.41, 5.74) is 3.11. The third kappa shape index (κ3) is 3.02. The fourth-order valence-electron chi connectivity index (χ4n) is 2.23. The summed E-state index contributed by atoms with van der Waals surface area (Å²) in [6, 6.07) is 10.5. The van der Waals surface area contributed by atoms with E-state index in [1.807, 2.05) is 26.1 Å². The van der Waals surface area contributed by atoms with Gasteiger partial charge in [-0.15, -0.1) is 0 Å². The van der Waals surface area contributed by atoms with Gasteiger partial charge in [-0.2, -0.15) is 0 Å². The Morgan fingerprint density at radius 3 is 2.40 bits per heavy atom. The third-order valence-corrected chi connectivity index (χ3v) is 4.17. The summed E-state index contributed by atoms with van der Waals surface area (Å²) < 4.78 is 19.6. The van der Waals surface area contributed by atoms with E-state index in [0.29, 0.717) is 0 Å². The number of rotatable bonds is 4. The Kier molecular flexibility index (Phi) is 4.78. The molecule has 4 heteroatoms. The number of halogens is 2. The van der Waals surface area contributed by atoms with Crippen molar-refractivity contribution in [2.75, 3.05) is 14.2 Å². The Balaban J connectivity index is 2.51. The normalized spacial score (nSPS) is 12.2. The fourth-order valence-corrected chi connectivity index (χ4v) is 2.59. The molecule has 0 aliphatic rings. The first kappa shape index (κ1) is 15.0. The number of benzene rings is 2. The van der Waals surface area contributed by atoms with Gasteiger partial charge in [-0.05, 0) is 49.4 Å². The fraction of sp³-hybridized carbons (Fsp3) is 0.250. The summed E-state index contributed by atoms with van der Waals surface area (Å²) in [5.74, 6) is 0.579. The third-order valence-electron chi connectivity index (χ3n) is 3.31. The summed E-state index contributed by atoms with van der Waals surface area (Å²) in [6.45, 7) is 2.02. The van der Waals surface area contributed by atoms with E-state index in [4.69, 9.17) is 4.74 Å². The van der Waals surface area contributed by atoms with Gasteiger partial charge in [-0.1, -0.05) is 28.1 Å². The van der Waals surface area contributed by atoms with Crippen LogP contribution in [0.15, 0.2) is 40.9 Å². The quantitative estimate of drug-likeness (QED) is 0.902. The van der Waals surface area contributed by atoms with Crippen LogP contribution in [0.1, 0.15) is 22.7 Å². The topological polar surface area (TPSA) is 21.3 Å². The minimum absolute atomic E-state index is 0.0533. The maximum atomic E-state index is 13.1. The average molecular weight is 338 g/mol. The van der Waals surface area contributed by atoms with Crippen LogP contribution in [0.25, 0.3) is 0 Å². The first-order chi connectivity index (χ1) is 9.56. The second-order valence-corrected chi connectivity index (χ2v) is 5.47. The van der Waals surface area contributed by atoms with Crippen LogP contribution in [0.3, 0.4) is 0 Å². The van der Waals surface area contributed by atoms with Crippen molar-refractivity contribution in [1.82, 2.24) is 5.32 Å². The molecule has 1 atom stereocenters. The van der Waals surface area contributed by atoms with E-state index < -0.39 is 0 Å². The lowest BCUT2D eigenvalue weighted by Gasteiger charge is -2.21. The number of ether oxygens (including phenoxy) is 1. The predicted molar refractivity (Wildman–Crippen MR) is 82.7 cm³/mol. The highest BCUT2D eigenvalue weighted by Crippen LogP contribution is 2.34. The monoisotopic (exact) mass is 337 g/mol. The summed E-state index contributed by atoms with van der Waals surface area (Å²) in [6.07, 6.45) is 0. The second kappa shape index (κ2) is 6.37. The Morgan fingerprint density at radius 2 is 1.85 bits per heavy atom. The molecule has 0 heterocycles. The zero-order chi connectivity index (χ0) is 14.7. The van der Waals surface area contributed by atoms with Crippen molar-refractivity contribution < 1.29 is 9.13 Å². The smallest absolute Gasteiger partial charge is 0.124 e. The van der Waals surface area contributed by atoms with Gasteiger partial charge in [-0.25, -0.2) is 4.39 Å². The molecule has 2 aromatic rings. The highest BCUT2D eigenvalue weighted by atomic mass is 79.9. The van der Waals surface area contributed by atoms with Crippen LogP contribution in [-0.4, -0.2) is 14.2 Å². The van der Waals surface area contributed by atoms with Crippen LogP contribution in [0, 0.1) is 12.7 Å². The van der Waals surface area contributed by atoms with Crippen LogP contribution in [0.5, 0.6) is 5.75 Å². The molecule has 0 fully saturated rings. The minimum atomic E-state index is -0.236. The summed E-state index contributed by atoms with van der Waals surface area (Å²) >= 11 is 3.55. The van der Waals surface area contributed by atoms with E-state index >= 15 is 0 Å². The van der Waals surface area contributed by atoms with Crippen molar-refractivity contribution >= 4 is 15.9 Å². The molecule has 2 nitrogen and oxygen atoms in total. The van der Waals surface area contributed by atoms with Gasteiger partial charge in [0.2, 0.25) is 0 Å². The van der Waals surface area contributed by atoms with E-state index in [1.54, 1.807) is 19.2 Å². The van der Waals surface area contributed by atoms with E-state index in [9.17, 15) is 4.39 Å². The van der Waals surface area contributed by atoms with Gasteiger partial charge in [0.05, 0.1) is 13.2 Å². The zero-order valence-electron chi connectivity index (χ0n) is 11.7. The van der Waals surface area contributed by atoms with E-state index in [2.05, 4.69) is 21.2 Å². The molecule has 2 rings (SSSR count). The van der Waals surface area contributed by atoms with Crippen LogP contribution in [-0.2, 0) is 0 Å². The first-order valence-electron chi connectivity index (χ1n) is 6.33. The molecule has 0 spiro atoms. The first-order valence-corrected chi connectivity index (χ1v) is 7.13. The SMILES string of the molecule is CNC(c1ccc(F)cc1)c1cc(Br)c(C)cc1OC. The largest absolute Gasteiger partial charge is 0.496 e. The predicted octanol–water partition coefficient (Wildman–Crippen LogP) is 4.21. The van der Waals surface area contributed by atoms with Crippen molar-refractivity contribution in [2.45, 2.75) is 13.0 Å². The number of hydrogen-bond acceptors (Lipinski definition) is 2. The highest BCUT2D eigenvalue weighted by Gasteiger charge is 2.18. The Bertz CT molecular complexity index is 598.